The third kappa shape index (κ3) is 24.1. The monoisotopic (exact) mass is 1250 g/mol. The Balaban J connectivity index is 0.000000802. The molecule has 6 rings (SSSR count). The summed E-state index contributed by atoms with van der Waals surface area (Å²) in [6, 6.07) is 17.2. The van der Waals surface area contributed by atoms with Crippen LogP contribution in [0.5, 0.6) is 23.0 Å². The number of rotatable bonds is 0. The van der Waals surface area contributed by atoms with E-state index in [2.05, 4.69) is 230 Å². The number of hydrogen-bond donors (Lipinski definition) is 12. The van der Waals surface area contributed by atoms with Crippen molar-refractivity contribution in [2.75, 3.05) is 52.4 Å². The molecule has 0 aromatic heterocycles. The molecule has 0 amide bonds. The maximum absolute atomic E-state index is 11.2. The number of benzene rings is 4. The number of phenols is 4. The third-order valence-corrected chi connectivity index (χ3v) is 15.9. The van der Waals surface area contributed by atoms with Gasteiger partial charge in [0.15, 0.2) is 0 Å². The molecule has 2 heterocycles. The summed E-state index contributed by atoms with van der Waals surface area (Å²) in [4.78, 5) is 0. The third-order valence-electron chi connectivity index (χ3n) is 15.9. The van der Waals surface area contributed by atoms with Gasteiger partial charge in [-0.15, -0.1) is 0 Å². The van der Waals surface area contributed by atoms with Gasteiger partial charge >= 0.3 is 17.1 Å². The fourth-order valence-corrected chi connectivity index (χ4v) is 10.4. The second kappa shape index (κ2) is 31.9. The molecule has 84 heavy (non-hydrogen) atoms. The Hall–Kier alpha value is -3.10. The van der Waals surface area contributed by atoms with Crippen LogP contribution >= 0.6 is 0 Å². The molecule has 1 radical (unpaired) electrons. The van der Waals surface area contributed by atoms with Gasteiger partial charge in [-0.25, -0.2) is 0 Å². The zero-order chi connectivity index (χ0) is 59.9. The minimum Gasteiger partial charge on any atom is -0.507 e. The molecule has 0 spiro atoms. The fraction of sp³-hybridized carbons (Fsp3) is 0.629. The van der Waals surface area contributed by atoms with Gasteiger partial charge in [0, 0.05) is 169 Å². The van der Waals surface area contributed by atoms with Gasteiger partial charge in [0.2, 0.25) is 0 Å². The minimum atomic E-state index is -0.0182. The van der Waals surface area contributed by atoms with E-state index in [0.717, 1.165) is 96.9 Å². The van der Waals surface area contributed by atoms with E-state index in [1.165, 1.54) is 22.3 Å². The van der Waals surface area contributed by atoms with Crippen LogP contribution < -0.4 is 42.5 Å². The van der Waals surface area contributed by atoms with Gasteiger partial charge in [0.05, 0.1) is 0 Å². The van der Waals surface area contributed by atoms with Gasteiger partial charge in [-0.2, -0.15) is 0 Å². The van der Waals surface area contributed by atoms with Gasteiger partial charge in [0.1, 0.15) is 23.0 Å². The SMILES string of the molecule is CC1(C)CNCc2cc(C(C)(C)C)cc(c2O)CNCC(C)(C)CNCc2cc(C(C)(C)C)cc(c2O)CNC1.CC1(C)CNCc2cc(C(C)(C)C)cc(c2O)CNCC(C)(C)CNCc2cc(C(C)(C)C)cc(c2O)CNC1.[CH3-].[CH3-].[Fe+3].[Zn]. The first-order chi connectivity index (χ1) is 36.8. The molecule has 471 valence electrons. The summed E-state index contributed by atoms with van der Waals surface area (Å²) in [6.07, 6.45) is 0. The van der Waals surface area contributed by atoms with Gasteiger partial charge in [-0.3, -0.25) is 0 Å². The van der Waals surface area contributed by atoms with Crippen molar-refractivity contribution in [3.05, 3.63) is 130 Å². The van der Waals surface area contributed by atoms with Crippen LogP contribution in [0.15, 0.2) is 48.5 Å². The zero-order valence-corrected chi connectivity index (χ0v) is 60.9. The summed E-state index contributed by atoms with van der Waals surface area (Å²) in [5.74, 6) is 1.55. The Kier molecular flexibility index (Phi) is 30.0. The van der Waals surface area contributed by atoms with Crippen molar-refractivity contribution in [1.29, 1.82) is 0 Å². The minimum absolute atomic E-state index is 0. The molecule has 0 saturated heterocycles. The molecule has 0 atom stereocenters. The number of fused-ring (bicyclic) bond motifs is 8. The van der Waals surface area contributed by atoms with E-state index in [-0.39, 0.29) is 94.7 Å². The summed E-state index contributed by atoms with van der Waals surface area (Å²) < 4.78 is 0. The van der Waals surface area contributed by atoms with E-state index in [4.69, 9.17) is 0 Å². The molecular formula is C70H118FeN8O4Zn+. The van der Waals surface area contributed by atoms with Gasteiger partial charge in [-0.05, 0) is 65.6 Å². The number of aromatic hydroxyl groups is 4. The van der Waals surface area contributed by atoms with Crippen LogP contribution in [0, 0.1) is 36.5 Å². The van der Waals surface area contributed by atoms with Crippen molar-refractivity contribution in [3.63, 3.8) is 0 Å². The second-order valence-corrected chi connectivity index (χ2v) is 31.1. The maximum Gasteiger partial charge on any atom is 3.00 e. The molecule has 0 aliphatic carbocycles. The summed E-state index contributed by atoms with van der Waals surface area (Å²) in [5, 5.41) is 73.7. The summed E-state index contributed by atoms with van der Waals surface area (Å²) >= 11 is 0. The first-order valence-corrected chi connectivity index (χ1v) is 29.8. The van der Waals surface area contributed by atoms with Crippen molar-refractivity contribution in [3.8, 4) is 23.0 Å². The van der Waals surface area contributed by atoms with Crippen molar-refractivity contribution >= 4 is 0 Å². The average Bonchev–Trinajstić information content (AvgIpc) is 3.31. The van der Waals surface area contributed by atoms with E-state index >= 15 is 0 Å². The van der Waals surface area contributed by atoms with Crippen LogP contribution in [0.25, 0.3) is 0 Å². The van der Waals surface area contributed by atoms with E-state index in [1.807, 2.05) is 0 Å². The Morgan fingerprint density at radius 2 is 0.381 bits per heavy atom. The van der Waals surface area contributed by atoms with Crippen LogP contribution in [0.3, 0.4) is 0 Å². The van der Waals surface area contributed by atoms with E-state index in [0.29, 0.717) is 75.4 Å². The van der Waals surface area contributed by atoms with Crippen LogP contribution in [-0.4, -0.2) is 72.8 Å². The number of nitrogens with one attached hydrogen (secondary N) is 8. The molecule has 2 aliphatic heterocycles. The van der Waals surface area contributed by atoms with Crippen LogP contribution in [0.1, 0.15) is 205 Å². The fourth-order valence-electron chi connectivity index (χ4n) is 10.4. The van der Waals surface area contributed by atoms with Crippen LogP contribution in [0.4, 0.5) is 0 Å². The number of phenolic OH excluding ortho intramolecular Hbond substituents is 4. The van der Waals surface area contributed by atoms with E-state index < -0.39 is 0 Å². The Labute approximate surface area is 535 Å². The van der Waals surface area contributed by atoms with E-state index in [1.54, 1.807) is 0 Å². The molecule has 12 N–H and O–H groups in total. The standard InChI is InChI=1S/2C34H56N4O2.2CH3.Fe.Zn/c2*1-31(2,3)27-11-23-15-35-19-33(7,8)21-37-17-25-13-28(32(4,5)6)14-26(30(25)40)18-38-22-34(9,10)20-36-16-24(12-27)29(23)39;;;;/h2*11-14,35-40H,15-22H2,1-10H3;2*1H3;;/q;;2*-1;+3;. The molecule has 4 aromatic carbocycles. The molecule has 4 aromatic rings. The quantitative estimate of drug-likeness (QED) is 0.0594. The predicted molar refractivity (Wildman–Crippen MR) is 349 cm³/mol. The molecule has 12 nitrogen and oxygen atoms in total. The predicted octanol–water partition coefficient (Wildman–Crippen LogP) is 12.5. The summed E-state index contributed by atoms with van der Waals surface area (Å²) in [6.45, 7) is 55.8. The topological polar surface area (TPSA) is 177 Å². The molecule has 0 saturated carbocycles. The molecule has 0 fully saturated rings. The summed E-state index contributed by atoms with van der Waals surface area (Å²) in [7, 11) is 0. The summed E-state index contributed by atoms with van der Waals surface area (Å²) in [5.41, 5.74) is 12.4. The molecule has 14 heteroatoms. The van der Waals surface area contributed by atoms with Crippen molar-refractivity contribution in [1.82, 2.24) is 42.5 Å². The first kappa shape index (κ1) is 78.9. The van der Waals surface area contributed by atoms with Crippen molar-refractivity contribution in [2.45, 2.75) is 212 Å². The van der Waals surface area contributed by atoms with Crippen LogP contribution in [0.2, 0.25) is 0 Å². The van der Waals surface area contributed by atoms with Crippen LogP contribution in [-0.2, 0) is 111 Å². The van der Waals surface area contributed by atoms with Gasteiger partial charge < -0.3 is 77.8 Å². The van der Waals surface area contributed by atoms with Crippen molar-refractivity contribution < 1.29 is 57.0 Å². The van der Waals surface area contributed by atoms with Gasteiger partial charge in [-0.1, -0.05) is 187 Å². The Morgan fingerprint density at radius 1 is 0.274 bits per heavy atom. The normalized spacial score (nSPS) is 18.7. The molecular weight excluding hydrogens is 1140 g/mol. The molecule has 0 unspecified atom stereocenters. The molecule has 2 aliphatic rings. The largest absolute Gasteiger partial charge is 3.00 e. The van der Waals surface area contributed by atoms with Crippen molar-refractivity contribution in [2.24, 2.45) is 21.7 Å². The smallest absolute Gasteiger partial charge is 0.507 e. The number of hydrogen-bond acceptors (Lipinski definition) is 12. The average molecular weight is 1260 g/mol. The Bertz CT molecular complexity index is 2200. The first-order valence-electron chi connectivity index (χ1n) is 29.8. The Morgan fingerprint density at radius 3 is 0.476 bits per heavy atom. The second-order valence-electron chi connectivity index (χ2n) is 31.1. The van der Waals surface area contributed by atoms with Gasteiger partial charge in [0.25, 0.3) is 0 Å². The molecule has 8 bridgehead atoms. The maximum atomic E-state index is 11.2. The van der Waals surface area contributed by atoms with E-state index in [9.17, 15) is 20.4 Å². The zero-order valence-electron chi connectivity index (χ0n) is 56.8.